The van der Waals surface area contributed by atoms with Crippen molar-refractivity contribution in [2.75, 3.05) is 6.61 Å². The maximum Gasteiger partial charge on any atom is 0.258 e. The quantitative estimate of drug-likeness (QED) is 0.790. The van der Waals surface area contributed by atoms with Gasteiger partial charge in [-0.1, -0.05) is 31.3 Å². The monoisotopic (exact) mass is 294 g/mol. The third kappa shape index (κ3) is 4.81. The molecular weight excluding hydrogens is 272 g/mol. The Labute approximate surface area is 125 Å². The highest BCUT2D eigenvalue weighted by Gasteiger charge is 2.18. The summed E-state index contributed by atoms with van der Waals surface area (Å²) >= 11 is 4.93. The number of carbonyl (C=O) groups excluding carboxylic acids is 1. The summed E-state index contributed by atoms with van der Waals surface area (Å²) in [5, 5.41) is 2.92. The fraction of sp³-hybridized carbons (Fsp3) is 0.467. The van der Waals surface area contributed by atoms with Crippen LogP contribution in [0, 0.1) is 6.92 Å². The highest BCUT2D eigenvalue weighted by molar-refractivity contribution is 7.80. The van der Waals surface area contributed by atoms with E-state index in [1.54, 1.807) is 6.07 Å². The lowest BCUT2D eigenvalue weighted by atomic mass is 10.0. The predicted molar refractivity (Wildman–Crippen MR) is 85.1 cm³/mol. The number of nitrogens with one attached hydrogen (secondary N) is 1. The standard InChI is InChI=1S/C15H22N2O2S/c1-5-15(3,4)17-13(18)9-19-12-8-11(14(16)20)7-6-10(12)2/h6-8H,5,9H2,1-4H3,(H2,16,20)(H,17,18). The van der Waals surface area contributed by atoms with E-state index in [4.69, 9.17) is 22.7 Å². The van der Waals surface area contributed by atoms with E-state index in [2.05, 4.69) is 5.32 Å². The van der Waals surface area contributed by atoms with Gasteiger partial charge >= 0.3 is 0 Å². The van der Waals surface area contributed by atoms with Crippen LogP contribution in [0.3, 0.4) is 0 Å². The van der Waals surface area contributed by atoms with Crippen LogP contribution in [-0.4, -0.2) is 23.0 Å². The average Bonchev–Trinajstić information content (AvgIpc) is 2.37. The van der Waals surface area contributed by atoms with Crippen molar-refractivity contribution in [2.45, 2.75) is 39.7 Å². The first-order valence-electron chi connectivity index (χ1n) is 6.59. The third-order valence-corrected chi connectivity index (χ3v) is 3.43. The maximum absolute atomic E-state index is 11.8. The summed E-state index contributed by atoms with van der Waals surface area (Å²) in [4.78, 5) is 12.1. The van der Waals surface area contributed by atoms with Gasteiger partial charge in [0, 0.05) is 11.1 Å². The minimum atomic E-state index is -0.226. The van der Waals surface area contributed by atoms with Gasteiger partial charge < -0.3 is 15.8 Å². The van der Waals surface area contributed by atoms with Crippen LogP contribution in [-0.2, 0) is 4.79 Å². The van der Waals surface area contributed by atoms with Crippen LogP contribution in [0.15, 0.2) is 18.2 Å². The fourth-order valence-electron chi connectivity index (χ4n) is 1.55. The number of hydrogen-bond donors (Lipinski definition) is 2. The molecular formula is C15H22N2O2S. The number of benzene rings is 1. The molecule has 0 unspecified atom stereocenters. The van der Waals surface area contributed by atoms with Gasteiger partial charge in [0.1, 0.15) is 10.7 Å². The van der Waals surface area contributed by atoms with Crippen molar-refractivity contribution in [3.63, 3.8) is 0 Å². The first-order chi connectivity index (χ1) is 9.25. The minimum Gasteiger partial charge on any atom is -0.483 e. The maximum atomic E-state index is 11.8. The highest BCUT2D eigenvalue weighted by Crippen LogP contribution is 2.19. The van der Waals surface area contributed by atoms with E-state index in [0.717, 1.165) is 17.5 Å². The second kappa shape index (κ2) is 6.70. The van der Waals surface area contributed by atoms with Gasteiger partial charge in [0.2, 0.25) is 0 Å². The fourth-order valence-corrected chi connectivity index (χ4v) is 1.68. The van der Waals surface area contributed by atoms with Crippen molar-refractivity contribution in [1.82, 2.24) is 5.32 Å². The second-order valence-corrected chi connectivity index (χ2v) is 5.86. The van der Waals surface area contributed by atoms with E-state index in [1.165, 1.54) is 0 Å². The summed E-state index contributed by atoms with van der Waals surface area (Å²) < 4.78 is 5.55. The SMILES string of the molecule is CCC(C)(C)NC(=O)COc1cc(C(N)=S)ccc1C. The molecule has 20 heavy (non-hydrogen) atoms. The predicted octanol–water partition coefficient (Wildman–Crippen LogP) is 2.31. The van der Waals surface area contributed by atoms with Crippen molar-refractivity contribution >= 4 is 23.1 Å². The molecule has 1 aromatic rings. The van der Waals surface area contributed by atoms with Crippen LogP contribution in [0.25, 0.3) is 0 Å². The molecule has 0 aliphatic rings. The number of amides is 1. The molecule has 3 N–H and O–H groups in total. The van der Waals surface area contributed by atoms with Crippen LogP contribution >= 0.6 is 12.2 Å². The van der Waals surface area contributed by atoms with Gasteiger partial charge in [0.25, 0.3) is 5.91 Å². The molecule has 0 aliphatic heterocycles. The number of hydrogen-bond acceptors (Lipinski definition) is 3. The Bertz CT molecular complexity index is 513. The number of nitrogens with two attached hydrogens (primary N) is 1. The summed E-state index contributed by atoms with van der Waals surface area (Å²) in [7, 11) is 0. The lowest BCUT2D eigenvalue weighted by molar-refractivity contribution is -0.124. The van der Waals surface area contributed by atoms with Gasteiger partial charge in [-0.15, -0.1) is 0 Å². The molecule has 1 aromatic carbocycles. The zero-order valence-electron chi connectivity index (χ0n) is 12.4. The first kappa shape index (κ1) is 16.4. The number of aryl methyl sites for hydroxylation is 1. The normalized spacial score (nSPS) is 11.0. The third-order valence-electron chi connectivity index (χ3n) is 3.19. The molecule has 0 aromatic heterocycles. The Kier molecular flexibility index (Phi) is 5.51. The number of carbonyl (C=O) groups is 1. The van der Waals surface area contributed by atoms with Crippen molar-refractivity contribution in [3.05, 3.63) is 29.3 Å². The molecule has 0 saturated heterocycles. The zero-order chi connectivity index (χ0) is 15.3. The van der Waals surface area contributed by atoms with Crippen molar-refractivity contribution in [1.29, 1.82) is 0 Å². The molecule has 5 heteroatoms. The molecule has 0 saturated carbocycles. The number of thiocarbonyl (C=S) groups is 1. The number of ether oxygens (including phenoxy) is 1. The van der Waals surface area contributed by atoms with Gasteiger partial charge in [-0.2, -0.15) is 0 Å². The molecule has 0 atom stereocenters. The Hall–Kier alpha value is -1.62. The molecule has 110 valence electrons. The van der Waals surface area contributed by atoms with E-state index < -0.39 is 0 Å². The van der Waals surface area contributed by atoms with E-state index in [0.29, 0.717) is 10.7 Å². The smallest absolute Gasteiger partial charge is 0.258 e. The van der Waals surface area contributed by atoms with E-state index in [-0.39, 0.29) is 18.1 Å². The Morgan fingerprint density at radius 2 is 2.10 bits per heavy atom. The summed E-state index contributed by atoms with van der Waals surface area (Å²) in [5.74, 6) is 0.483. The zero-order valence-corrected chi connectivity index (χ0v) is 13.3. The largest absolute Gasteiger partial charge is 0.483 e. The Morgan fingerprint density at radius 1 is 1.45 bits per heavy atom. The Balaban J connectivity index is 2.68. The number of rotatable bonds is 6. The molecule has 0 heterocycles. The van der Waals surface area contributed by atoms with Gasteiger partial charge in [-0.05, 0) is 38.8 Å². The lowest BCUT2D eigenvalue weighted by Crippen LogP contribution is -2.44. The van der Waals surface area contributed by atoms with Gasteiger partial charge in [-0.3, -0.25) is 4.79 Å². The average molecular weight is 294 g/mol. The molecule has 1 rings (SSSR count). The van der Waals surface area contributed by atoms with Crippen molar-refractivity contribution in [3.8, 4) is 5.75 Å². The summed E-state index contributed by atoms with van der Waals surface area (Å²) in [6, 6.07) is 5.47. The highest BCUT2D eigenvalue weighted by atomic mass is 32.1. The lowest BCUT2D eigenvalue weighted by Gasteiger charge is -2.24. The molecule has 1 amide bonds. The van der Waals surface area contributed by atoms with Crippen molar-refractivity contribution in [2.24, 2.45) is 5.73 Å². The van der Waals surface area contributed by atoms with Crippen molar-refractivity contribution < 1.29 is 9.53 Å². The molecule has 0 fully saturated rings. The second-order valence-electron chi connectivity index (χ2n) is 5.42. The van der Waals surface area contributed by atoms with Crippen LogP contribution < -0.4 is 15.8 Å². The summed E-state index contributed by atoms with van der Waals surface area (Å²) in [5.41, 5.74) is 7.03. The molecule has 0 spiro atoms. The molecule has 0 aliphatic carbocycles. The molecule has 4 nitrogen and oxygen atoms in total. The minimum absolute atomic E-state index is 0.0228. The van der Waals surface area contributed by atoms with Crippen LogP contribution in [0.5, 0.6) is 5.75 Å². The summed E-state index contributed by atoms with van der Waals surface area (Å²) in [6.07, 6.45) is 0.856. The van der Waals surface area contributed by atoms with E-state index in [1.807, 2.05) is 39.8 Å². The topological polar surface area (TPSA) is 64.3 Å². The first-order valence-corrected chi connectivity index (χ1v) is 7.00. The van der Waals surface area contributed by atoms with Crippen LogP contribution in [0.2, 0.25) is 0 Å². The molecule has 0 radical (unpaired) electrons. The van der Waals surface area contributed by atoms with Crippen LogP contribution in [0.1, 0.15) is 38.3 Å². The van der Waals surface area contributed by atoms with Gasteiger partial charge in [0.05, 0.1) is 0 Å². The van der Waals surface area contributed by atoms with E-state index >= 15 is 0 Å². The van der Waals surface area contributed by atoms with Gasteiger partial charge in [0.15, 0.2) is 6.61 Å². The molecule has 0 bridgehead atoms. The Morgan fingerprint density at radius 3 is 2.65 bits per heavy atom. The van der Waals surface area contributed by atoms with Gasteiger partial charge in [-0.25, -0.2) is 0 Å². The van der Waals surface area contributed by atoms with Crippen LogP contribution in [0.4, 0.5) is 0 Å². The van der Waals surface area contributed by atoms with E-state index in [9.17, 15) is 4.79 Å². The summed E-state index contributed by atoms with van der Waals surface area (Å²) in [6.45, 7) is 7.86.